The minimum atomic E-state index is -0.544. The highest BCUT2D eigenvalue weighted by atomic mass is 35.5. The number of halogens is 1. The highest BCUT2D eigenvalue weighted by Gasteiger charge is 2.24. The number of alkyl carbamates (subject to hydrolysis) is 1. The number of anilines is 2. The second-order valence-electron chi connectivity index (χ2n) is 10.4. The van der Waals surface area contributed by atoms with E-state index in [1.165, 1.54) is 11.3 Å². The number of ether oxygens (including phenoxy) is 1. The van der Waals surface area contributed by atoms with E-state index in [9.17, 15) is 9.59 Å². The number of H-pyrrole nitrogens is 1. The fourth-order valence-corrected chi connectivity index (χ4v) is 5.22. The van der Waals surface area contributed by atoms with Gasteiger partial charge in [0.05, 0.1) is 23.5 Å². The molecule has 210 valence electrons. The molecule has 1 aromatic carbocycles. The number of amides is 2. The van der Waals surface area contributed by atoms with Crippen LogP contribution in [0, 0.1) is 0 Å². The topological polar surface area (TPSA) is 128 Å². The Hall–Kier alpha value is -3.74. The Morgan fingerprint density at radius 3 is 2.55 bits per heavy atom. The maximum Gasteiger partial charge on any atom is 0.407 e. The zero-order valence-corrected chi connectivity index (χ0v) is 24.1. The SMILES string of the molecule is CC(C)(C)OC(=O)NCc1ccc(-c2nc3ncc(Cl)c(N4CCN(CC(=O)Nc5nccs5)CC4)c3[nH]2)cc1. The molecule has 1 aliphatic heterocycles. The largest absolute Gasteiger partial charge is 0.444 e. The number of fused-ring (bicyclic) bond motifs is 1. The molecule has 11 nitrogen and oxygen atoms in total. The average Bonchev–Trinajstić information content (AvgIpc) is 3.57. The molecule has 0 spiro atoms. The van der Waals surface area contributed by atoms with Gasteiger partial charge in [-0.15, -0.1) is 11.3 Å². The maximum absolute atomic E-state index is 12.4. The monoisotopic (exact) mass is 582 g/mol. The zero-order chi connectivity index (χ0) is 28.3. The first-order chi connectivity index (χ1) is 19.1. The number of rotatable bonds is 7. The van der Waals surface area contributed by atoms with Crippen molar-refractivity contribution in [3.63, 3.8) is 0 Å². The van der Waals surface area contributed by atoms with Crippen molar-refractivity contribution in [2.45, 2.75) is 32.9 Å². The molecule has 1 fully saturated rings. The second-order valence-corrected chi connectivity index (χ2v) is 11.7. The molecule has 4 aromatic rings. The molecule has 4 heterocycles. The summed E-state index contributed by atoms with van der Waals surface area (Å²) in [6, 6.07) is 7.76. The summed E-state index contributed by atoms with van der Waals surface area (Å²) in [5, 5.41) is 8.58. The molecular weight excluding hydrogens is 552 g/mol. The van der Waals surface area contributed by atoms with E-state index in [1.807, 2.05) is 50.4 Å². The third-order valence-corrected chi connectivity index (χ3v) is 7.21. The van der Waals surface area contributed by atoms with E-state index in [0.717, 1.165) is 22.3 Å². The van der Waals surface area contributed by atoms with Crippen LogP contribution in [0.3, 0.4) is 0 Å². The van der Waals surface area contributed by atoms with Crippen molar-refractivity contribution in [3.8, 4) is 11.4 Å². The summed E-state index contributed by atoms with van der Waals surface area (Å²) in [6.45, 7) is 8.99. The Bertz CT molecular complexity index is 1480. The van der Waals surface area contributed by atoms with Gasteiger partial charge in [0.1, 0.15) is 16.9 Å². The molecule has 3 aromatic heterocycles. The number of aromatic nitrogens is 4. The molecule has 5 rings (SSSR count). The van der Waals surface area contributed by atoms with E-state index in [1.54, 1.807) is 12.4 Å². The second kappa shape index (κ2) is 11.8. The molecule has 1 saturated heterocycles. The number of hydrogen-bond donors (Lipinski definition) is 3. The highest BCUT2D eigenvalue weighted by molar-refractivity contribution is 7.13. The molecule has 0 atom stereocenters. The molecule has 2 amide bonds. The van der Waals surface area contributed by atoms with Gasteiger partial charge in [0.25, 0.3) is 0 Å². The Morgan fingerprint density at radius 2 is 1.88 bits per heavy atom. The molecule has 13 heteroatoms. The van der Waals surface area contributed by atoms with Gasteiger partial charge < -0.3 is 25.3 Å². The van der Waals surface area contributed by atoms with Crippen LogP contribution in [0.5, 0.6) is 0 Å². The summed E-state index contributed by atoms with van der Waals surface area (Å²) < 4.78 is 5.29. The minimum absolute atomic E-state index is 0.0717. The Labute approximate surface area is 240 Å². The normalized spacial score (nSPS) is 14.3. The molecule has 0 radical (unpaired) electrons. The van der Waals surface area contributed by atoms with Crippen LogP contribution in [-0.2, 0) is 16.1 Å². The van der Waals surface area contributed by atoms with Crippen molar-refractivity contribution in [1.82, 2.24) is 30.2 Å². The Balaban J connectivity index is 1.23. The van der Waals surface area contributed by atoms with E-state index in [-0.39, 0.29) is 5.91 Å². The molecule has 0 saturated carbocycles. The summed E-state index contributed by atoms with van der Waals surface area (Å²) >= 11 is 8.03. The van der Waals surface area contributed by atoms with Crippen LogP contribution in [0.2, 0.25) is 5.02 Å². The number of nitrogens with one attached hydrogen (secondary N) is 3. The van der Waals surface area contributed by atoms with E-state index in [4.69, 9.17) is 21.3 Å². The van der Waals surface area contributed by atoms with Gasteiger partial charge in [-0.05, 0) is 26.3 Å². The van der Waals surface area contributed by atoms with Gasteiger partial charge in [-0.1, -0.05) is 35.9 Å². The lowest BCUT2D eigenvalue weighted by molar-refractivity contribution is -0.117. The number of imidazole rings is 1. The van der Waals surface area contributed by atoms with E-state index in [0.29, 0.717) is 60.9 Å². The highest BCUT2D eigenvalue weighted by Crippen LogP contribution is 2.34. The number of benzene rings is 1. The lowest BCUT2D eigenvalue weighted by Gasteiger charge is -2.36. The van der Waals surface area contributed by atoms with Crippen LogP contribution in [0.1, 0.15) is 26.3 Å². The third-order valence-electron chi connectivity index (χ3n) is 6.25. The Morgan fingerprint density at radius 1 is 1.12 bits per heavy atom. The fourth-order valence-electron chi connectivity index (χ4n) is 4.41. The number of thiazole rings is 1. The molecule has 40 heavy (non-hydrogen) atoms. The lowest BCUT2D eigenvalue weighted by atomic mass is 10.1. The number of piperazine rings is 1. The van der Waals surface area contributed by atoms with Crippen LogP contribution in [0.15, 0.2) is 42.0 Å². The average molecular weight is 583 g/mol. The van der Waals surface area contributed by atoms with Crippen molar-refractivity contribution in [1.29, 1.82) is 0 Å². The van der Waals surface area contributed by atoms with E-state index >= 15 is 0 Å². The van der Waals surface area contributed by atoms with Crippen LogP contribution >= 0.6 is 22.9 Å². The lowest BCUT2D eigenvalue weighted by Crippen LogP contribution is -2.48. The summed E-state index contributed by atoms with van der Waals surface area (Å²) in [4.78, 5) is 45.3. The molecule has 1 aliphatic rings. The summed E-state index contributed by atoms with van der Waals surface area (Å²) in [5.74, 6) is 0.604. The van der Waals surface area contributed by atoms with Gasteiger partial charge in [-0.3, -0.25) is 9.69 Å². The van der Waals surface area contributed by atoms with Crippen LogP contribution in [0.25, 0.3) is 22.6 Å². The Kier molecular flexibility index (Phi) is 8.19. The van der Waals surface area contributed by atoms with Crippen molar-refractivity contribution in [2.24, 2.45) is 0 Å². The predicted octanol–water partition coefficient (Wildman–Crippen LogP) is 4.52. The first kappa shape index (κ1) is 27.8. The predicted molar refractivity (Wildman–Crippen MR) is 157 cm³/mol. The van der Waals surface area contributed by atoms with Crippen LogP contribution < -0.4 is 15.5 Å². The molecule has 0 unspecified atom stereocenters. The summed E-state index contributed by atoms with van der Waals surface area (Å²) in [6.07, 6.45) is 2.84. The smallest absolute Gasteiger partial charge is 0.407 e. The molecule has 3 N–H and O–H groups in total. The number of carbonyl (C=O) groups excluding carboxylic acids is 2. The van der Waals surface area contributed by atoms with Gasteiger partial charge >= 0.3 is 6.09 Å². The first-order valence-corrected chi connectivity index (χ1v) is 14.2. The summed E-state index contributed by atoms with van der Waals surface area (Å²) in [7, 11) is 0. The molecule has 0 bridgehead atoms. The van der Waals surface area contributed by atoms with Crippen molar-refractivity contribution >= 4 is 56.9 Å². The van der Waals surface area contributed by atoms with Gasteiger partial charge in [0.15, 0.2) is 10.8 Å². The number of pyridine rings is 1. The number of hydrogen-bond acceptors (Lipinski definition) is 9. The fraction of sp³-hybridized carbons (Fsp3) is 0.370. The third kappa shape index (κ3) is 6.87. The summed E-state index contributed by atoms with van der Waals surface area (Å²) in [5.41, 5.74) is 3.49. The molecule has 0 aliphatic carbocycles. The van der Waals surface area contributed by atoms with Gasteiger partial charge in [-0.25, -0.2) is 19.7 Å². The van der Waals surface area contributed by atoms with Crippen molar-refractivity contribution in [2.75, 3.05) is 42.9 Å². The van der Waals surface area contributed by atoms with Crippen LogP contribution in [-0.4, -0.2) is 75.2 Å². The van der Waals surface area contributed by atoms with Crippen molar-refractivity contribution < 1.29 is 14.3 Å². The zero-order valence-electron chi connectivity index (χ0n) is 22.5. The number of aromatic amines is 1. The van der Waals surface area contributed by atoms with E-state index < -0.39 is 11.7 Å². The van der Waals surface area contributed by atoms with Crippen molar-refractivity contribution in [3.05, 3.63) is 52.6 Å². The minimum Gasteiger partial charge on any atom is -0.444 e. The van der Waals surface area contributed by atoms with Gasteiger partial charge in [0, 0.05) is 49.9 Å². The van der Waals surface area contributed by atoms with Gasteiger partial charge in [0.2, 0.25) is 5.91 Å². The number of carbonyl (C=O) groups is 2. The van der Waals surface area contributed by atoms with Gasteiger partial charge in [-0.2, -0.15) is 0 Å². The molecular formula is C27H31ClN8O3S. The number of nitrogens with zero attached hydrogens (tertiary/aromatic N) is 5. The van der Waals surface area contributed by atoms with E-state index in [2.05, 4.69) is 35.4 Å². The maximum atomic E-state index is 12.4. The quantitative estimate of drug-likeness (QED) is 0.290. The van der Waals surface area contributed by atoms with Crippen LogP contribution in [0.4, 0.5) is 15.6 Å². The standard InChI is InChI=1S/C27H31ClN8O3S/c1-27(2,3)39-26(38)31-14-17-4-6-18(7-5-17)23-33-21-22(19(28)15-30-24(21)34-23)36-11-9-35(10-12-36)16-20(37)32-25-29-8-13-40-25/h4-8,13,15H,9-12,14,16H2,1-3H3,(H,31,38)(H,29,32,37)(H,30,33,34). The first-order valence-electron chi connectivity index (χ1n) is 12.9.